The number of halogens is 1. The lowest BCUT2D eigenvalue weighted by Crippen LogP contribution is -1.92. The van der Waals surface area contributed by atoms with Crippen LogP contribution >= 0.6 is 22.6 Å². The van der Waals surface area contributed by atoms with Crippen molar-refractivity contribution in [3.63, 3.8) is 0 Å². The Morgan fingerprint density at radius 2 is 2.36 bits per heavy atom. The van der Waals surface area contributed by atoms with E-state index in [-0.39, 0.29) is 0 Å². The lowest BCUT2D eigenvalue weighted by atomic mass is 10.4. The van der Waals surface area contributed by atoms with Gasteiger partial charge in [0, 0.05) is 11.6 Å². The number of hydrogen-bond donors (Lipinski definition) is 2. The summed E-state index contributed by atoms with van der Waals surface area (Å²) in [5, 5.41) is 0.989. The fourth-order valence-electron chi connectivity index (χ4n) is 0.896. The molecule has 56 valence electrons. The molecule has 0 aliphatic carbocycles. The standard InChI is InChI=1S/C6H5IN4/c7-4-1-3-2-9-6(8)11-5(3)10-4/h1-2H,(H3,8,9,10,11). The van der Waals surface area contributed by atoms with Crippen LogP contribution in [0.25, 0.3) is 11.0 Å². The van der Waals surface area contributed by atoms with Crippen molar-refractivity contribution >= 4 is 39.6 Å². The lowest BCUT2D eigenvalue weighted by Gasteiger charge is -1.88. The molecular weight excluding hydrogens is 255 g/mol. The fourth-order valence-corrected chi connectivity index (χ4v) is 1.49. The van der Waals surface area contributed by atoms with E-state index < -0.39 is 0 Å². The van der Waals surface area contributed by atoms with Crippen LogP contribution in [0.2, 0.25) is 0 Å². The molecule has 0 saturated carbocycles. The van der Waals surface area contributed by atoms with Crippen molar-refractivity contribution < 1.29 is 0 Å². The van der Waals surface area contributed by atoms with Crippen LogP contribution in [0, 0.1) is 3.70 Å². The minimum atomic E-state index is 0.302. The summed E-state index contributed by atoms with van der Waals surface area (Å²) in [6.45, 7) is 0. The van der Waals surface area contributed by atoms with Gasteiger partial charge < -0.3 is 10.7 Å². The molecule has 0 amide bonds. The Labute approximate surface area is 76.4 Å². The zero-order chi connectivity index (χ0) is 7.84. The van der Waals surface area contributed by atoms with E-state index in [1.165, 1.54) is 0 Å². The third-order valence-corrected chi connectivity index (χ3v) is 1.94. The van der Waals surface area contributed by atoms with Crippen molar-refractivity contribution in [2.24, 2.45) is 0 Å². The van der Waals surface area contributed by atoms with E-state index in [4.69, 9.17) is 5.73 Å². The lowest BCUT2D eigenvalue weighted by molar-refractivity contribution is 1.21. The van der Waals surface area contributed by atoms with Gasteiger partial charge in [-0.05, 0) is 28.7 Å². The maximum atomic E-state index is 5.39. The zero-order valence-electron chi connectivity index (χ0n) is 5.50. The van der Waals surface area contributed by atoms with Crippen LogP contribution in [0.5, 0.6) is 0 Å². The van der Waals surface area contributed by atoms with Crippen LogP contribution in [0.1, 0.15) is 0 Å². The summed E-state index contributed by atoms with van der Waals surface area (Å²) in [7, 11) is 0. The molecule has 2 rings (SSSR count). The van der Waals surface area contributed by atoms with Crippen LogP contribution in [0.4, 0.5) is 5.95 Å². The average molecular weight is 260 g/mol. The van der Waals surface area contributed by atoms with Crippen molar-refractivity contribution in [2.75, 3.05) is 5.73 Å². The van der Waals surface area contributed by atoms with Gasteiger partial charge in [0.1, 0.15) is 5.65 Å². The van der Waals surface area contributed by atoms with E-state index >= 15 is 0 Å². The predicted octanol–water partition coefficient (Wildman–Crippen LogP) is 1.14. The first kappa shape index (κ1) is 6.84. The van der Waals surface area contributed by atoms with Crippen LogP contribution in [-0.4, -0.2) is 15.0 Å². The van der Waals surface area contributed by atoms with Crippen LogP contribution < -0.4 is 5.73 Å². The molecule has 0 spiro atoms. The minimum Gasteiger partial charge on any atom is -0.368 e. The summed E-state index contributed by atoms with van der Waals surface area (Å²) in [5.74, 6) is 0.302. The molecule has 4 nitrogen and oxygen atoms in total. The summed E-state index contributed by atoms with van der Waals surface area (Å²) in [6, 6.07) is 1.97. The highest BCUT2D eigenvalue weighted by Gasteiger charge is 1.99. The van der Waals surface area contributed by atoms with E-state index in [1.54, 1.807) is 6.20 Å². The molecule has 0 saturated heterocycles. The average Bonchev–Trinajstić information content (AvgIpc) is 2.27. The summed E-state index contributed by atoms with van der Waals surface area (Å²) >= 11 is 2.18. The molecule has 2 aromatic heterocycles. The summed E-state index contributed by atoms with van der Waals surface area (Å²) in [6.07, 6.45) is 1.70. The highest BCUT2D eigenvalue weighted by molar-refractivity contribution is 14.1. The van der Waals surface area contributed by atoms with Crippen LogP contribution in [-0.2, 0) is 0 Å². The number of anilines is 1. The van der Waals surface area contributed by atoms with Gasteiger partial charge in [-0.2, -0.15) is 4.98 Å². The summed E-state index contributed by atoms with van der Waals surface area (Å²) < 4.78 is 1.04. The molecule has 0 atom stereocenters. The topological polar surface area (TPSA) is 67.6 Å². The maximum absolute atomic E-state index is 5.39. The van der Waals surface area contributed by atoms with Crippen molar-refractivity contribution in [1.82, 2.24) is 15.0 Å². The number of fused-ring (bicyclic) bond motifs is 1. The Bertz CT molecular complexity index is 394. The van der Waals surface area contributed by atoms with Gasteiger partial charge in [-0.15, -0.1) is 0 Å². The second-order valence-corrected chi connectivity index (χ2v) is 3.31. The minimum absolute atomic E-state index is 0.302. The molecule has 11 heavy (non-hydrogen) atoms. The molecule has 0 aliphatic rings. The molecule has 0 aromatic carbocycles. The normalized spacial score (nSPS) is 10.6. The van der Waals surface area contributed by atoms with Crippen molar-refractivity contribution in [3.8, 4) is 0 Å². The largest absolute Gasteiger partial charge is 0.368 e. The number of nitrogens with two attached hydrogens (primary N) is 1. The number of H-pyrrole nitrogens is 1. The summed E-state index contributed by atoms with van der Waals surface area (Å²) in [5.41, 5.74) is 6.18. The monoisotopic (exact) mass is 260 g/mol. The van der Waals surface area contributed by atoms with E-state index in [0.29, 0.717) is 5.95 Å². The van der Waals surface area contributed by atoms with Gasteiger partial charge in [-0.1, -0.05) is 0 Å². The number of rotatable bonds is 0. The molecule has 2 aromatic rings. The van der Waals surface area contributed by atoms with E-state index in [2.05, 4.69) is 37.5 Å². The Morgan fingerprint density at radius 3 is 3.18 bits per heavy atom. The Kier molecular flexibility index (Phi) is 1.45. The van der Waals surface area contributed by atoms with Gasteiger partial charge in [0.05, 0.1) is 3.70 Å². The maximum Gasteiger partial charge on any atom is 0.221 e. The second-order valence-electron chi connectivity index (χ2n) is 2.15. The van der Waals surface area contributed by atoms with Gasteiger partial charge in [0.2, 0.25) is 5.95 Å². The molecule has 5 heteroatoms. The smallest absolute Gasteiger partial charge is 0.221 e. The van der Waals surface area contributed by atoms with E-state index in [0.717, 1.165) is 14.7 Å². The molecule has 0 unspecified atom stereocenters. The molecule has 0 aliphatic heterocycles. The number of aromatic nitrogens is 3. The van der Waals surface area contributed by atoms with Crippen LogP contribution in [0.3, 0.4) is 0 Å². The molecule has 2 heterocycles. The van der Waals surface area contributed by atoms with Crippen LogP contribution in [0.15, 0.2) is 12.3 Å². The van der Waals surface area contributed by atoms with E-state index in [9.17, 15) is 0 Å². The van der Waals surface area contributed by atoms with Gasteiger partial charge in [-0.25, -0.2) is 4.98 Å². The van der Waals surface area contributed by atoms with Gasteiger partial charge in [-0.3, -0.25) is 0 Å². The number of hydrogen-bond acceptors (Lipinski definition) is 3. The first-order valence-corrected chi connectivity index (χ1v) is 4.10. The van der Waals surface area contributed by atoms with Crippen molar-refractivity contribution in [2.45, 2.75) is 0 Å². The highest BCUT2D eigenvalue weighted by atomic mass is 127. The number of aromatic amines is 1. The quantitative estimate of drug-likeness (QED) is 0.698. The van der Waals surface area contributed by atoms with Crippen molar-refractivity contribution in [3.05, 3.63) is 16.0 Å². The number of nitrogen functional groups attached to an aromatic ring is 1. The predicted molar refractivity (Wildman–Crippen MR) is 51.0 cm³/mol. The Hall–Kier alpha value is -0.850. The summed E-state index contributed by atoms with van der Waals surface area (Å²) in [4.78, 5) is 10.9. The Balaban J connectivity index is 2.82. The first-order chi connectivity index (χ1) is 5.25. The fraction of sp³-hybridized carbons (Fsp3) is 0. The first-order valence-electron chi connectivity index (χ1n) is 3.02. The number of nitrogens with zero attached hydrogens (tertiary/aromatic N) is 2. The van der Waals surface area contributed by atoms with E-state index in [1.807, 2.05) is 6.07 Å². The Morgan fingerprint density at radius 1 is 1.55 bits per heavy atom. The number of nitrogens with one attached hydrogen (secondary N) is 1. The molecule has 3 N–H and O–H groups in total. The van der Waals surface area contributed by atoms with Gasteiger partial charge in [0.25, 0.3) is 0 Å². The molecule has 0 fully saturated rings. The highest BCUT2D eigenvalue weighted by Crippen LogP contribution is 2.13. The molecular formula is C6H5IN4. The molecule has 0 radical (unpaired) electrons. The molecule has 0 bridgehead atoms. The zero-order valence-corrected chi connectivity index (χ0v) is 7.66. The van der Waals surface area contributed by atoms with Gasteiger partial charge in [0.15, 0.2) is 0 Å². The third kappa shape index (κ3) is 1.15. The van der Waals surface area contributed by atoms with Gasteiger partial charge >= 0.3 is 0 Å². The second kappa shape index (κ2) is 2.33. The SMILES string of the molecule is Nc1ncc2cc(I)[nH]c2n1. The third-order valence-electron chi connectivity index (χ3n) is 1.36. The van der Waals surface area contributed by atoms with Crippen molar-refractivity contribution in [1.29, 1.82) is 0 Å².